The minimum absolute atomic E-state index is 0.0659. The molecule has 8 aromatic carbocycles. The van der Waals surface area contributed by atoms with Crippen molar-refractivity contribution in [2.24, 2.45) is 0 Å². The Bertz CT molecular complexity index is 2860. The third-order valence-electron chi connectivity index (χ3n) is 11.9. The maximum Gasteiger partial charge on any atom is 0.193 e. The molecular weight excluding hydrogens is 809 g/mol. The number of ketones is 2. The average Bonchev–Trinajstić information content (AvgIpc) is 3.35. The van der Waals surface area contributed by atoms with Crippen molar-refractivity contribution in [3.8, 4) is 46.0 Å². The molecule has 7 heteroatoms. The fourth-order valence-corrected chi connectivity index (χ4v) is 7.67. The van der Waals surface area contributed by atoms with E-state index in [0.717, 1.165) is 16.9 Å². The number of carbonyl (C=O) groups is 2. The molecule has 0 saturated carbocycles. The van der Waals surface area contributed by atoms with Gasteiger partial charge in [0.2, 0.25) is 0 Å². The zero-order chi connectivity index (χ0) is 45.6. The maximum absolute atomic E-state index is 13.4. The zero-order valence-electron chi connectivity index (χ0n) is 37.3. The van der Waals surface area contributed by atoms with Crippen molar-refractivity contribution in [3.63, 3.8) is 0 Å². The molecule has 0 atom stereocenters. The average molecular weight is 859 g/mol. The normalized spacial score (nSPS) is 11.4. The molecule has 0 aliphatic rings. The summed E-state index contributed by atoms with van der Waals surface area (Å²) in [6, 6.07) is 60.9. The van der Waals surface area contributed by atoms with Gasteiger partial charge in [0.25, 0.3) is 0 Å². The summed E-state index contributed by atoms with van der Waals surface area (Å²) in [5.74, 6) is 5.40. The number of benzene rings is 8. The number of rotatable bonds is 16. The fourth-order valence-electron chi connectivity index (χ4n) is 7.67. The van der Waals surface area contributed by atoms with E-state index in [1.54, 1.807) is 87.0 Å². The standard InChI is InChI=1S/C58H50O7/c1-57(2,43-15-31-48(62-6)32-16-43)44-17-33-52(34-18-44)64-50-27-11-41(12-28-50)56(60)42-13-29-51(30-14-42)65-54-37-21-46(22-38-54)58(3,4)45-19-35-53(36-20-45)63-49-25-9-40(10-26-49)55(59)39-7-23-47(61-5)24-8-39/h7-38H,1-6H3. The third kappa shape index (κ3) is 10.0. The van der Waals surface area contributed by atoms with Crippen molar-refractivity contribution in [1.29, 1.82) is 0 Å². The number of ether oxygens (including phenoxy) is 5. The molecule has 0 aliphatic heterocycles. The lowest BCUT2D eigenvalue weighted by Gasteiger charge is -2.26. The van der Waals surface area contributed by atoms with Crippen LogP contribution in [0.4, 0.5) is 0 Å². The predicted molar refractivity (Wildman–Crippen MR) is 256 cm³/mol. The predicted octanol–water partition coefficient (Wildman–Crippen LogP) is 14.2. The Kier molecular flexibility index (Phi) is 12.7. The van der Waals surface area contributed by atoms with Gasteiger partial charge in [-0.3, -0.25) is 9.59 Å². The minimum atomic E-state index is -0.297. The first-order valence-electron chi connectivity index (χ1n) is 21.4. The van der Waals surface area contributed by atoms with Gasteiger partial charge >= 0.3 is 0 Å². The Morgan fingerprint density at radius 2 is 0.446 bits per heavy atom. The number of hydrogen-bond acceptors (Lipinski definition) is 7. The molecule has 8 aromatic rings. The van der Waals surface area contributed by atoms with Crippen molar-refractivity contribution >= 4 is 11.6 Å². The molecular formula is C58H50O7. The van der Waals surface area contributed by atoms with E-state index >= 15 is 0 Å². The Hall–Kier alpha value is -7.90. The van der Waals surface area contributed by atoms with E-state index < -0.39 is 0 Å². The lowest BCUT2D eigenvalue weighted by Crippen LogP contribution is -2.18. The molecule has 0 N–H and O–H groups in total. The van der Waals surface area contributed by atoms with Crippen LogP contribution in [-0.4, -0.2) is 25.8 Å². The molecule has 0 heterocycles. The van der Waals surface area contributed by atoms with Gasteiger partial charge in [-0.05, 0) is 168 Å². The second kappa shape index (κ2) is 18.8. The van der Waals surface area contributed by atoms with Gasteiger partial charge in [0, 0.05) is 33.1 Å². The Morgan fingerprint density at radius 1 is 0.277 bits per heavy atom. The van der Waals surface area contributed by atoms with Crippen LogP contribution in [0.5, 0.6) is 46.0 Å². The van der Waals surface area contributed by atoms with E-state index in [2.05, 4.69) is 76.2 Å². The smallest absolute Gasteiger partial charge is 0.193 e. The monoisotopic (exact) mass is 858 g/mol. The van der Waals surface area contributed by atoms with E-state index in [1.165, 1.54) is 11.1 Å². The van der Waals surface area contributed by atoms with Crippen LogP contribution in [0.15, 0.2) is 194 Å². The molecule has 0 unspecified atom stereocenters. The van der Waals surface area contributed by atoms with E-state index in [1.807, 2.05) is 72.8 Å². The molecule has 0 aliphatic carbocycles. The van der Waals surface area contributed by atoms with Gasteiger partial charge < -0.3 is 23.7 Å². The largest absolute Gasteiger partial charge is 0.497 e. The quantitative estimate of drug-likeness (QED) is 0.0895. The second-order valence-corrected chi connectivity index (χ2v) is 16.8. The highest BCUT2D eigenvalue weighted by Crippen LogP contribution is 2.36. The first-order chi connectivity index (χ1) is 31.4. The van der Waals surface area contributed by atoms with Gasteiger partial charge in [-0.2, -0.15) is 0 Å². The van der Waals surface area contributed by atoms with Crippen LogP contribution >= 0.6 is 0 Å². The van der Waals surface area contributed by atoms with Crippen LogP contribution < -0.4 is 23.7 Å². The van der Waals surface area contributed by atoms with Crippen LogP contribution in [-0.2, 0) is 10.8 Å². The maximum atomic E-state index is 13.4. The van der Waals surface area contributed by atoms with Crippen LogP contribution in [0, 0.1) is 0 Å². The van der Waals surface area contributed by atoms with Gasteiger partial charge in [-0.25, -0.2) is 0 Å². The Balaban J connectivity index is 0.827. The Labute approximate surface area is 380 Å². The first-order valence-corrected chi connectivity index (χ1v) is 21.4. The SMILES string of the molecule is COc1ccc(C(=O)c2ccc(Oc3ccc(C(C)(C)c4ccc(Oc5ccc(C(=O)c6ccc(Oc7ccc(C(C)(C)c8ccc(OC)cc8)cc7)cc6)cc5)cc4)cc3)cc2)cc1. The van der Waals surface area contributed by atoms with Crippen LogP contribution in [0.25, 0.3) is 0 Å². The number of hydrogen-bond donors (Lipinski definition) is 0. The summed E-state index contributed by atoms with van der Waals surface area (Å²) in [4.78, 5) is 26.3. The highest BCUT2D eigenvalue weighted by Gasteiger charge is 2.25. The van der Waals surface area contributed by atoms with E-state index in [9.17, 15) is 9.59 Å². The summed E-state index contributed by atoms with van der Waals surface area (Å²) in [5.41, 5.74) is 6.40. The Morgan fingerprint density at radius 3 is 0.646 bits per heavy atom. The lowest BCUT2D eigenvalue weighted by molar-refractivity contribution is 0.103. The third-order valence-corrected chi connectivity index (χ3v) is 11.9. The van der Waals surface area contributed by atoms with E-state index in [-0.39, 0.29) is 22.4 Å². The van der Waals surface area contributed by atoms with Crippen molar-refractivity contribution in [3.05, 3.63) is 239 Å². The molecule has 0 aromatic heterocycles. The molecule has 0 saturated heterocycles. The van der Waals surface area contributed by atoms with Gasteiger partial charge in [-0.1, -0.05) is 76.2 Å². The van der Waals surface area contributed by atoms with Crippen LogP contribution in [0.3, 0.4) is 0 Å². The summed E-state index contributed by atoms with van der Waals surface area (Å²) in [5, 5.41) is 0. The van der Waals surface area contributed by atoms with Gasteiger partial charge in [0.15, 0.2) is 11.6 Å². The highest BCUT2D eigenvalue weighted by molar-refractivity contribution is 6.09. The molecule has 0 radical (unpaired) electrons. The zero-order valence-corrected chi connectivity index (χ0v) is 37.3. The molecule has 324 valence electrons. The van der Waals surface area contributed by atoms with Crippen molar-refractivity contribution in [2.75, 3.05) is 14.2 Å². The lowest BCUT2D eigenvalue weighted by atomic mass is 9.78. The van der Waals surface area contributed by atoms with Gasteiger partial charge in [0.1, 0.15) is 46.0 Å². The highest BCUT2D eigenvalue weighted by atomic mass is 16.5. The van der Waals surface area contributed by atoms with Crippen molar-refractivity contribution in [2.45, 2.75) is 38.5 Å². The van der Waals surface area contributed by atoms with E-state index in [0.29, 0.717) is 62.5 Å². The second-order valence-electron chi connectivity index (χ2n) is 16.8. The number of carbonyl (C=O) groups excluding carboxylic acids is 2. The molecule has 65 heavy (non-hydrogen) atoms. The molecule has 0 spiro atoms. The summed E-state index contributed by atoms with van der Waals surface area (Å²) >= 11 is 0. The molecule has 0 amide bonds. The summed E-state index contributed by atoms with van der Waals surface area (Å²) in [6.45, 7) is 8.75. The molecule has 0 bridgehead atoms. The molecule has 8 rings (SSSR count). The molecule has 7 nitrogen and oxygen atoms in total. The van der Waals surface area contributed by atoms with Crippen LogP contribution in [0.1, 0.15) is 81.8 Å². The summed E-state index contributed by atoms with van der Waals surface area (Å²) in [6.07, 6.45) is 0. The van der Waals surface area contributed by atoms with Crippen molar-refractivity contribution < 1.29 is 33.3 Å². The van der Waals surface area contributed by atoms with Crippen molar-refractivity contribution in [1.82, 2.24) is 0 Å². The van der Waals surface area contributed by atoms with E-state index in [4.69, 9.17) is 23.7 Å². The summed E-state index contributed by atoms with van der Waals surface area (Å²) < 4.78 is 28.9. The number of methoxy groups -OCH3 is 2. The fraction of sp³-hybridized carbons (Fsp3) is 0.138. The summed E-state index contributed by atoms with van der Waals surface area (Å²) in [7, 11) is 3.27. The first kappa shape index (κ1) is 43.7. The van der Waals surface area contributed by atoms with Crippen LogP contribution in [0.2, 0.25) is 0 Å². The topological polar surface area (TPSA) is 80.3 Å². The molecule has 0 fully saturated rings. The van der Waals surface area contributed by atoms with Gasteiger partial charge in [-0.15, -0.1) is 0 Å². The van der Waals surface area contributed by atoms with Gasteiger partial charge in [0.05, 0.1) is 14.2 Å². The minimum Gasteiger partial charge on any atom is -0.497 e.